The van der Waals surface area contributed by atoms with Crippen LogP contribution in [-0.2, 0) is 23.2 Å². The molecule has 0 radical (unpaired) electrons. The van der Waals surface area contributed by atoms with Gasteiger partial charge in [0.25, 0.3) is 0 Å². The number of hydrogen-bond acceptors (Lipinski definition) is 5. The molecular weight excluding hydrogens is 380 g/mol. The number of benzene rings is 1. The number of ether oxygens (including phenoxy) is 1. The molecule has 3 N–H and O–H groups in total. The van der Waals surface area contributed by atoms with E-state index in [0.717, 1.165) is 36.9 Å². The first-order chi connectivity index (χ1) is 14.5. The molecule has 1 aliphatic rings. The summed E-state index contributed by atoms with van der Waals surface area (Å²) < 4.78 is 7.46. The predicted molar refractivity (Wildman–Crippen MR) is 113 cm³/mol. The minimum absolute atomic E-state index is 0.131. The van der Waals surface area contributed by atoms with Gasteiger partial charge in [-0.3, -0.25) is 0 Å². The number of aromatic nitrogens is 3. The van der Waals surface area contributed by atoms with Crippen LogP contribution in [0.4, 0.5) is 4.79 Å². The molecule has 7 nitrogen and oxygen atoms in total. The molecule has 2 heterocycles. The summed E-state index contributed by atoms with van der Waals surface area (Å²) in [7, 11) is 0. The van der Waals surface area contributed by atoms with E-state index in [1.807, 2.05) is 42.6 Å². The minimum atomic E-state index is -0.765. The summed E-state index contributed by atoms with van der Waals surface area (Å²) in [5.41, 5.74) is 8.30. The molecule has 1 aromatic carbocycles. The first kappa shape index (κ1) is 20.3. The van der Waals surface area contributed by atoms with Crippen LogP contribution in [0.1, 0.15) is 49.6 Å². The summed E-state index contributed by atoms with van der Waals surface area (Å²) in [6.45, 7) is 2.12. The van der Waals surface area contributed by atoms with Crippen molar-refractivity contribution in [3.63, 3.8) is 0 Å². The van der Waals surface area contributed by atoms with Crippen molar-refractivity contribution in [1.82, 2.24) is 14.6 Å². The van der Waals surface area contributed by atoms with E-state index in [9.17, 15) is 9.90 Å². The summed E-state index contributed by atoms with van der Waals surface area (Å²) in [5, 5.41) is 13.8. The quantitative estimate of drug-likeness (QED) is 0.651. The number of rotatable bonds is 6. The Morgan fingerprint density at radius 3 is 2.67 bits per heavy atom. The molecule has 1 saturated carbocycles. The number of aliphatic hydroxyl groups excluding tert-OH is 1. The molecule has 158 valence electrons. The Morgan fingerprint density at radius 2 is 2.00 bits per heavy atom. The van der Waals surface area contributed by atoms with E-state index in [4.69, 9.17) is 15.5 Å². The number of primary amides is 1. The third-order valence-corrected chi connectivity index (χ3v) is 6.35. The van der Waals surface area contributed by atoms with Crippen molar-refractivity contribution in [2.24, 2.45) is 11.7 Å². The Kier molecular flexibility index (Phi) is 5.72. The molecule has 4 rings (SSSR count). The van der Waals surface area contributed by atoms with Crippen LogP contribution in [0, 0.1) is 5.92 Å². The van der Waals surface area contributed by atoms with Crippen LogP contribution in [-0.4, -0.2) is 31.9 Å². The smallest absolute Gasteiger partial charge is 0.404 e. The zero-order valence-corrected chi connectivity index (χ0v) is 17.2. The van der Waals surface area contributed by atoms with E-state index in [1.165, 1.54) is 0 Å². The highest BCUT2D eigenvalue weighted by atomic mass is 16.6. The van der Waals surface area contributed by atoms with Crippen molar-refractivity contribution in [3.05, 3.63) is 65.6 Å². The number of nitrogens with two attached hydrogens (primary N) is 1. The van der Waals surface area contributed by atoms with Gasteiger partial charge in [-0.05, 0) is 49.3 Å². The molecule has 1 amide bonds. The molecule has 1 atom stereocenters. The van der Waals surface area contributed by atoms with Crippen LogP contribution in [0.5, 0.6) is 0 Å². The van der Waals surface area contributed by atoms with Crippen LogP contribution < -0.4 is 5.73 Å². The van der Waals surface area contributed by atoms with Gasteiger partial charge in [0.05, 0.1) is 29.6 Å². The van der Waals surface area contributed by atoms with Crippen molar-refractivity contribution < 1.29 is 14.6 Å². The second kappa shape index (κ2) is 8.44. The van der Waals surface area contributed by atoms with E-state index in [1.54, 1.807) is 10.6 Å². The highest BCUT2D eigenvalue weighted by Crippen LogP contribution is 2.45. The normalized spacial score (nSPS) is 22.7. The number of hydrogen-bond donors (Lipinski definition) is 2. The van der Waals surface area contributed by atoms with E-state index < -0.39 is 17.6 Å². The average molecular weight is 409 g/mol. The van der Waals surface area contributed by atoms with Crippen LogP contribution >= 0.6 is 0 Å². The highest BCUT2D eigenvalue weighted by Gasteiger charge is 2.46. The average Bonchev–Trinajstić information content (AvgIpc) is 3.18. The van der Waals surface area contributed by atoms with Gasteiger partial charge in [0.15, 0.2) is 5.65 Å². The number of nitrogens with zero attached hydrogens (tertiary/aromatic N) is 3. The molecule has 2 aromatic heterocycles. The molecule has 0 saturated heterocycles. The maximum absolute atomic E-state index is 11.9. The molecule has 0 bridgehead atoms. The van der Waals surface area contributed by atoms with Gasteiger partial charge in [0.2, 0.25) is 0 Å². The van der Waals surface area contributed by atoms with Crippen molar-refractivity contribution in [1.29, 1.82) is 0 Å². The number of imidazole rings is 1. The lowest BCUT2D eigenvalue weighted by molar-refractivity contribution is 0.0238. The largest absolute Gasteiger partial charge is 0.445 e. The fourth-order valence-electron chi connectivity index (χ4n) is 4.58. The number of fused-ring (bicyclic) bond motifs is 1. The van der Waals surface area contributed by atoms with E-state index in [2.05, 4.69) is 12.0 Å². The molecular formula is C23H28N4O3. The SMILES string of the molecule is CC1CCC(c2cn3nc(CO)ccc3n2)(C(Cc2ccccc2)OC(N)=O)CC1. The molecule has 0 aliphatic heterocycles. The van der Waals surface area contributed by atoms with Crippen molar-refractivity contribution in [2.45, 2.75) is 57.2 Å². The van der Waals surface area contributed by atoms with Gasteiger partial charge in [-0.2, -0.15) is 5.10 Å². The van der Waals surface area contributed by atoms with Crippen LogP contribution in [0.3, 0.4) is 0 Å². The lowest BCUT2D eigenvalue weighted by atomic mass is 9.64. The molecule has 1 unspecified atom stereocenters. The number of amides is 1. The van der Waals surface area contributed by atoms with Crippen molar-refractivity contribution in [3.8, 4) is 0 Å². The highest BCUT2D eigenvalue weighted by molar-refractivity contribution is 5.65. The second-order valence-corrected chi connectivity index (χ2v) is 8.37. The summed E-state index contributed by atoms with van der Waals surface area (Å²) >= 11 is 0. The zero-order valence-electron chi connectivity index (χ0n) is 17.2. The first-order valence-corrected chi connectivity index (χ1v) is 10.5. The third kappa shape index (κ3) is 4.03. The second-order valence-electron chi connectivity index (χ2n) is 8.37. The van der Waals surface area contributed by atoms with Crippen molar-refractivity contribution >= 4 is 11.7 Å². The monoisotopic (exact) mass is 408 g/mol. The van der Waals surface area contributed by atoms with Crippen LogP contribution in [0.2, 0.25) is 0 Å². The van der Waals surface area contributed by atoms with Gasteiger partial charge >= 0.3 is 6.09 Å². The fourth-order valence-corrected chi connectivity index (χ4v) is 4.58. The van der Waals surface area contributed by atoms with Gasteiger partial charge < -0.3 is 15.6 Å². The Morgan fingerprint density at radius 1 is 1.27 bits per heavy atom. The van der Waals surface area contributed by atoms with Gasteiger partial charge in [0.1, 0.15) is 6.10 Å². The van der Waals surface area contributed by atoms with Crippen LogP contribution in [0.15, 0.2) is 48.7 Å². The Labute approximate surface area is 175 Å². The molecule has 0 spiro atoms. The number of carbonyl (C=O) groups is 1. The molecule has 1 aliphatic carbocycles. The van der Waals surface area contributed by atoms with Crippen molar-refractivity contribution in [2.75, 3.05) is 0 Å². The van der Waals surface area contributed by atoms with Crippen LogP contribution in [0.25, 0.3) is 5.65 Å². The predicted octanol–water partition coefficient (Wildman–Crippen LogP) is 3.38. The lowest BCUT2D eigenvalue weighted by Gasteiger charge is -2.43. The summed E-state index contributed by atoms with van der Waals surface area (Å²) in [6, 6.07) is 13.6. The van der Waals surface area contributed by atoms with Gasteiger partial charge in [-0.15, -0.1) is 0 Å². The third-order valence-electron chi connectivity index (χ3n) is 6.35. The Balaban J connectivity index is 1.79. The first-order valence-electron chi connectivity index (χ1n) is 10.5. The topological polar surface area (TPSA) is 103 Å². The minimum Gasteiger partial charge on any atom is -0.445 e. The molecule has 30 heavy (non-hydrogen) atoms. The van der Waals surface area contributed by atoms with Gasteiger partial charge in [-0.25, -0.2) is 14.3 Å². The maximum Gasteiger partial charge on any atom is 0.404 e. The standard InChI is InChI=1S/C23H28N4O3/c1-16-9-11-23(12-10-16,19-14-27-21(25-19)8-7-18(15-28)26-27)20(30-22(24)29)13-17-5-3-2-4-6-17/h2-8,14,16,20,28H,9-13,15H2,1H3,(H2,24,29). The fraction of sp³-hybridized carbons (Fsp3) is 0.435. The summed E-state index contributed by atoms with van der Waals surface area (Å²) in [4.78, 5) is 16.7. The van der Waals surface area contributed by atoms with E-state index in [0.29, 0.717) is 23.7 Å². The summed E-state index contributed by atoms with van der Waals surface area (Å²) in [6.07, 6.45) is 5.05. The zero-order chi connectivity index (χ0) is 21.1. The van der Waals surface area contributed by atoms with Gasteiger partial charge in [0, 0.05) is 6.42 Å². The Hall–Kier alpha value is -2.93. The summed E-state index contributed by atoms with van der Waals surface area (Å²) in [5.74, 6) is 0.611. The lowest BCUT2D eigenvalue weighted by Crippen LogP contribution is -2.47. The Bertz CT molecular complexity index is 1010. The van der Waals surface area contributed by atoms with Gasteiger partial charge in [-0.1, -0.05) is 37.3 Å². The number of carbonyl (C=O) groups excluding carboxylic acids is 1. The molecule has 7 heteroatoms. The molecule has 3 aromatic rings. The maximum atomic E-state index is 11.9. The number of aliphatic hydroxyl groups is 1. The van der Waals surface area contributed by atoms with E-state index in [-0.39, 0.29) is 6.61 Å². The van der Waals surface area contributed by atoms with E-state index >= 15 is 0 Å². The molecule has 1 fully saturated rings.